The van der Waals surface area contributed by atoms with Crippen LogP contribution < -0.4 is 5.32 Å². The summed E-state index contributed by atoms with van der Waals surface area (Å²) in [5.74, 6) is 0.725. The quantitative estimate of drug-likeness (QED) is 0.803. The molecule has 0 aliphatic carbocycles. The average Bonchev–Trinajstić information content (AvgIpc) is 2.43. The Morgan fingerprint density at radius 2 is 1.90 bits per heavy atom. The van der Waals surface area contributed by atoms with Gasteiger partial charge in [0.2, 0.25) is 0 Å². The van der Waals surface area contributed by atoms with E-state index in [4.69, 9.17) is 0 Å². The fraction of sp³-hybridized carbons (Fsp3) is 0.684. The Morgan fingerprint density at radius 3 is 2.57 bits per heavy atom. The van der Waals surface area contributed by atoms with Crippen molar-refractivity contribution in [3.05, 3.63) is 35.9 Å². The maximum Gasteiger partial charge on any atom is 0.0252 e. The van der Waals surface area contributed by atoms with Gasteiger partial charge >= 0.3 is 0 Å². The molecule has 0 saturated carbocycles. The van der Waals surface area contributed by atoms with Gasteiger partial charge in [0, 0.05) is 24.7 Å². The average molecular weight is 288 g/mol. The SMILES string of the molecule is CC(C)C1CNC(C)(C)CN1CCCCc1ccccc1. The van der Waals surface area contributed by atoms with E-state index in [2.05, 4.69) is 68.2 Å². The largest absolute Gasteiger partial charge is 0.309 e. The molecule has 21 heavy (non-hydrogen) atoms. The fourth-order valence-corrected chi connectivity index (χ4v) is 3.38. The molecule has 1 atom stereocenters. The standard InChI is InChI=1S/C19H32N2/c1-16(2)18-14-20-19(3,4)15-21(18)13-9-8-12-17-10-6-5-7-11-17/h5-7,10-11,16,18,20H,8-9,12-15H2,1-4H3. The number of aryl methyl sites for hydroxylation is 1. The van der Waals surface area contributed by atoms with Gasteiger partial charge in [0.1, 0.15) is 0 Å². The van der Waals surface area contributed by atoms with E-state index in [1.165, 1.54) is 37.9 Å². The number of unbranched alkanes of at least 4 members (excludes halogenated alkanes) is 1. The predicted molar refractivity (Wildman–Crippen MR) is 91.7 cm³/mol. The first-order chi connectivity index (χ1) is 9.98. The molecule has 1 aromatic carbocycles. The highest BCUT2D eigenvalue weighted by atomic mass is 15.2. The van der Waals surface area contributed by atoms with E-state index >= 15 is 0 Å². The minimum Gasteiger partial charge on any atom is -0.309 e. The van der Waals surface area contributed by atoms with E-state index in [0.29, 0.717) is 6.04 Å². The summed E-state index contributed by atoms with van der Waals surface area (Å²) in [6.07, 6.45) is 3.80. The van der Waals surface area contributed by atoms with Crippen LogP contribution in [-0.2, 0) is 6.42 Å². The van der Waals surface area contributed by atoms with Crippen LogP contribution in [0.1, 0.15) is 46.1 Å². The van der Waals surface area contributed by atoms with Crippen LogP contribution in [0.4, 0.5) is 0 Å². The number of hydrogen-bond acceptors (Lipinski definition) is 2. The molecule has 0 bridgehead atoms. The number of piperazine rings is 1. The lowest BCUT2D eigenvalue weighted by Gasteiger charge is -2.46. The second kappa shape index (κ2) is 7.42. The second-order valence-corrected chi connectivity index (χ2v) is 7.49. The summed E-state index contributed by atoms with van der Waals surface area (Å²) in [4.78, 5) is 2.71. The topological polar surface area (TPSA) is 15.3 Å². The second-order valence-electron chi connectivity index (χ2n) is 7.49. The van der Waals surface area contributed by atoms with Crippen molar-refractivity contribution in [2.24, 2.45) is 5.92 Å². The van der Waals surface area contributed by atoms with E-state index in [1.807, 2.05) is 0 Å². The summed E-state index contributed by atoms with van der Waals surface area (Å²) in [6, 6.07) is 11.6. The van der Waals surface area contributed by atoms with Crippen molar-refractivity contribution in [1.29, 1.82) is 0 Å². The van der Waals surface area contributed by atoms with Crippen LogP contribution in [0.5, 0.6) is 0 Å². The lowest BCUT2D eigenvalue weighted by Crippen LogP contribution is -2.62. The third kappa shape index (κ3) is 5.12. The predicted octanol–water partition coefficient (Wildman–Crippen LogP) is 3.72. The molecule has 1 N–H and O–H groups in total. The van der Waals surface area contributed by atoms with Crippen LogP contribution in [0, 0.1) is 5.92 Å². The molecule has 1 aliphatic rings. The van der Waals surface area contributed by atoms with Crippen molar-refractivity contribution in [3.8, 4) is 0 Å². The minimum absolute atomic E-state index is 0.255. The van der Waals surface area contributed by atoms with E-state index in [1.54, 1.807) is 0 Å². The maximum absolute atomic E-state index is 3.69. The zero-order valence-corrected chi connectivity index (χ0v) is 14.2. The summed E-state index contributed by atoms with van der Waals surface area (Å²) in [5, 5.41) is 3.69. The van der Waals surface area contributed by atoms with E-state index in [-0.39, 0.29) is 5.54 Å². The molecular weight excluding hydrogens is 256 g/mol. The zero-order valence-electron chi connectivity index (χ0n) is 14.2. The van der Waals surface area contributed by atoms with E-state index in [0.717, 1.165) is 12.5 Å². The summed E-state index contributed by atoms with van der Waals surface area (Å²) in [7, 11) is 0. The highest BCUT2D eigenvalue weighted by Crippen LogP contribution is 2.21. The number of rotatable bonds is 6. The van der Waals surface area contributed by atoms with Gasteiger partial charge in [-0.25, -0.2) is 0 Å². The Bertz CT molecular complexity index is 411. The molecule has 1 aliphatic heterocycles. The van der Waals surface area contributed by atoms with Crippen LogP contribution >= 0.6 is 0 Å². The van der Waals surface area contributed by atoms with Crippen molar-refractivity contribution < 1.29 is 0 Å². The van der Waals surface area contributed by atoms with Crippen LogP contribution in [0.15, 0.2) is 30.3 Å². The summed E-state index contributed by atoms with van der Waals surface area (Å²) in [5.41, 5.74) is 1.73. The van der Waals surface area contributed by atoms with Gasteiger partial charge in [-0.2, -0.15) is 0 Å². The molecule has 1 unspecified atom stereocenters. The molecule has 1 fully saturated rings. The Hall–Kier alpha value is -0.860. The van der Waals surface area contributed by atoms with Gasteiger partial charge in [-0.3, -0.25) is 4.90 Å². The van der Waals surface area contributed by atoms with E-state index < -0.39 is 0 Å². The van der Waals surface area contributed by atoms with Crippen molar-refractivity contribution in [3.63, 3.8) is 0 Å². The van der Waals surface area contributed by atoms with Gasteiger partial charge in [-0.15, -0.1) is 0 Å². The molecule has 118 valence electrons. The third-order valence-corrected chi connectivity index (χ3v) is 4.63. The Kier molecular flexibility index (Phi) is 5.83. The van der Waals surface area contributed by atoms with E-state index in [9.17, 15) is 0 Å². The first-order valence-electron chi connectivity index (χ1n) is 8.51. The Labute approximate surface area is 130 Å². The first-order valence-corrected chi connectivity index (χ1v) is 8.51. The summed E-state index contributed by atoms with van der Waals surface area (Å²) in [6.45, 7) is 12.9. The molecule has 0 radical (unpaired) electrons. The molecule has 1 saturated heterocycles. The molecule has 1 heterocycles. The van der Waals surface area contributed by atoms with Crippen molar-refractivity contribution >= 4 is 0 Å². The van der Waals surface area contributed by atoms with Gasteiger partial charge in [0.05, 0.1) is 0 Å². The van der Waals surface area contributed by atoms with Crippen LogP contribution in [0.3, 0.4) is 0 Å². The number of hydrogen-bond donors (Lipinski definition) is 1. The van der Waals surface area contributed by atoms with Gasteiger partial charge < -0.3 is 5.32 Å². The molecule has 2 rings (SSSR count). The summed E-state index contributed by atoms with van der Waals surface area (Å²) < 4.78 is 0. The normalized spacial score (nSPS) is 22.6. The molecular formula is C19H32N2. The van der Waals surface area contributed by atoms with Gasteiger partial charge in [-0.05, 0) is 51.1 Å². The molecule has 0 amide bonds. The Morgan fingerprint density at radius 1 is 1.19 bits per heavy atom. The molecule has 0 aromatic heterocycles. The smallest absolute Gasteiger partial charge is 0.0252 e. The van der Waals surface area contributed by atoms with Gasteiger partial charge in [-0.1, -0.05) is 44.2 Å². The summed E-state index contributed by atoms with van der Waals surface area (Å²) >= 11 is 0. The lowest BCUT2D eigenvalue weighted by molar-refractivity contribution is 0.0680. The van der Waals surface area contributed by atoms with Gasteiger partial charge in [0.25, 0.3) is 0 Å². The van der Waals surface area contributed by atoms with Crippen molar-refractivity contribution in [2.45, 2.75) is 58.5 Å². The van der Waals surface area contributed by atoms with Crippen molar-refractivity contribution in [2.75, 3.05) is 19.6 Å². The Balaban J connectivity index is 1.79. The zero-order chi connectivity index (χ0) is 15.3. The molecule has 2 nitrogen and oxygen atoms in total. The van der Waals surface area contributed by atoms with Crippen molar-refractivity contribution in [1.82, 2.24) is 10.2 Å². The van der Waals surface area contributed by atoms with Gasteiger partial charge in [0.15, 0.2) is 0 Å². The lowest BCUT2D eigenvalue weighted by atomic mass is 9.92. The van der Waals surface area contributed by atoms with Crippen LogP contribution in [0.25, 0.3) is 0 Å². The number of nitrogens with zero attached hydrogens (tertiary/aromatic N) is 1. The van der Waals surface area contributed by atoms with Crippen LogP contribution in [-0.4, -0.2) is 36.1 Å². The molecule has 0 spiro atoms. The monoisotopic (exact) mass is 288 g/mol. The maximum atomic E-state index is 3.69. The highest BCUT2D eigenvalue weighted by molar-refractivity contribution is 5.14. The van der Waals surface area contributed by atoms with Crippen LogP contribution in [0.2, 0.25) is 0 Å². The molecule has 1 aromatic rings. The number of benzene rings is 1. The minimum atomic E-state index is 0.255. The fourth-order valence-electron chi connectivity index (χ4n) is 3.38. The highest BCUT2D eigenvalue weighted by Gasteiger charge is 2.33. The third-order valence-electron chi connectivity index (χ3n) is 4.63. The molecule has 2 heteroatoms. The number of nitrogens with one attached hydrogen (secondary N) is 1. The first kappa shape index (κ1) is 16.5.